The Bertz CT molecular complexity index is 999. The van der Waals surface area contributed by atoms with E-state index in [0.717, 1.165) is 38.4 Å². The Morgan fingerprint density at radius 2 is 1.16 bits per heavy atom. The molecule has 4 aromatic carbocycles. The summed E-state index contributed by atoms with van der Waals surface area (Å²) in [6, 6.07) is 23.6. The fraction of sp³-hybridized carbons (Fsp3) is 0.0476. The molecule has 0 atom stereocenters. The summed E-state index contributed by atoms with van der Waals surface area (Å²) in [6.07, 6.45) is 0. The molecular weight excluding hydrogens is 311 g/mol. The Morgan fingerprint density at radius 3 is 1.60 bits per heavy atom. The average Bonchev–Trinajstić information content (AvgIpc) is 2.65. The number of benzene rings is 4. The molecule has 3 nitrogen and oxygen atoms in total. The van der Waals surface area contributed by atoms with Crippen molar-refractivity contribution in [3.8, 4) is 16.9 Å². The van der Waals surface area contributed by atoms with Gasteiger partial charge in [0.15, 0.2) is 0 Å². The number of hydrogen-bond acceptors (Lipinski definition) is 3. The maximum atomic E-state index is 9.99. The van der Waals surface area contributed by atoms with Crippen LogP contribution < -0.4 is 10.2 Å². The lowest BCUT2D eigenvalue weighted by molar-refractivity contribution is 0.415. The van der Waals surface area contributed by atoms with E-state index < -0.39 is 7.12 Å². The van der Waals surface area contributed by atoms with Crippen molar-refractivity contribution < 1.29 is 14.8 Å². The summed E-state index contributed by atoms with van der Waals surface area (Å²) in [5, 5.41) is 23.7. The summed E-state index contributed by atoms with van der Waals surface area (Å²) in [4.78, 5) is 0. The summed E-state index contributed by atoms with van der Waals surface area (Å²) >= 11 is 0. The van der Waals surface area contributed by atoms with Crippen LogP contribution in [0.25, 0.3) is 32.7 Å². The van der Waals surface area contributed by atoms with Gasteiger partial charge in [0.25, 0.3) is 0 Å². The zero-order valence-electron chi connectivity index (χ0n) is 13.8. The minimum absolute atomic E-state index is 0.545. The van der Waals surface area contributed by atoms with Crippen molar-refractivity contribution in [3.05, 3.63) is 72.8 Å². The van der Waals surface area contributed by atoms with Gasteiger partial charge in [0, 0.05) is 0 Å². The molecule has 0 aliphatic carbocycles. The van der Waals surface area contributed by atoms with E-state index in [1.54, 1.807) is 7.11 Å². The first-order chi connectivity index (χ1) is 12.2. The maximum absolute atomic E-state index is 9.99. The predicted molar refractivity (Wildman–Crippen MR) is 103 cm³/mol. The molecule has 0 heterocycles. The van der Waals surface area contributed by atoms with Gasteiger partial charge in [-0.25, -0.2) is 0 Å². The zero-order chi connectivity index (χ0) is 17.4. The SMILES string of the molecule is COc1ccc(-c2c3ccccc3c(B(O)O)c3ccccc23)cc1. The van der Waals surface area contributed by atoms with Crippen LogP contribution in [0.1, 0.15) is 0 Å². The first kappa shape index (κ1) is 15.7. The average molecular weight is 328 g/mol. The van der Waals surface area contributed by atoms with Crippen LogP contribution in [0, 0.1) is 0 Å². The minimum Gasteiger partial charge on any atom is -0.497 e. The van der Waals surface area contributed by atoms with Crippen molar-refractivity contribution in [3.63, 3.8) is 0 Å². The number of rotatable bonds is 3. The lowest BCUT2D eigenvalue weighted by Gasteiger charge is -2.17. The standard InChI is InChI=1S/C21H17BO3/c1-25-15-12-10-14(11-13-15)20-16-6-2-4-8-18(16)21(22(23)24)19-9-5-3-7-17(19)20/h2-13,23-24H,1H3. The monoisotopic (exact) mass is 328 g/mol. The van der Waals surface area contributed by atoms with E-state index in [9.17, 15) is 10.0 Å². The van der Waals surface area contributed by atoms with E-state index >= 15 is 0 Å². The highest BCUT2D eigenvalue weighted by Crippen LogP contribution is 2.36. The molecule has 0 aliphatic heterocycles. The van der Waals surface area contributed by atoms with Gasteiger partial charge < -0.3 is 14.8 Å². The normalized spacial score (nSPS) is 11.0. The van der Waals surface area contributed by atoms with Crippen LogP contribution in [0.3, 0.4) is 0 Å². The molecule has 0 amide bonds. The van der Waals surface area contributed by atoms with Crippen LogP contribution in [-0.4, -0.2) is 24.3 Å². The third kappa shape index (κ3) is 2.56. The molecule has 0 spiro atoms. The highest BCUT2D eigenvalue weighted by Gasteiger charge is 2.21. The summed E-state index contributed by atoms with van der Waals surface area (Å²) in [5.41, 5.74) is 2.69. The molecule has 4 rings (SSSR count). The quantitative estimate of drug-likeness (QED) is 0.448. The van der Waals surface area contributed by atoms with Crippen LogP contribution >= 0.6 is 0 Å². The van der Waals surface area contributed by atoms with Gasteiger partial charge in [0.2, 0.25) is 0 Å². The van der Waals surface area contributed by atoms with E-state index in [-0.39, 0.29) is 0 Å². The molecule has 0 fully saturated rings. The Morgan fingerprint density at radius 1 is 0.680 bits per heavy atom. The van der Waals surface area contributed by atoms with Crippen LogP contribution in [0.4, 0.5) is 0 Å². The molecule has 0 saturated carbocycles. The molecular formula is C21H17BO3. The Labute approximate surface area is 146 Å². The van der Waals surface area contributed by atoms with Crippen molar-refractivity contribution >= 4 is 34.1 Å². The number of fused-ring (bicyclic) bond motifs is 2. The highest BCUT2D eigenvalue weighted by atomic mass is 16.5. The Balaban J connectivity index is 2.16. The molecule has 0 saturated heterocycles. The van der Waals surface area contributed by atoms with Crippen LogP contribution in [0.2, 0.25) is 0 Å². The van der Waals surface area contributed by atoms with Crippen molar-refractivity contribution in [2.75, 3.05) is 7.11 Å². The summed E-state index contributed by atoms with van der Waals surface area (Å²) in [5.74, 6) is 0.805. The Kier molecular flexibility index (Phi) is 3.92. The van der Waals surface area contributed by atoms with E-state index in [0.29, 0.717) is 5.46 Å². The van der Waals surface area contributed by atoms with Gasteiger partial charge in [-0.2, -0.15) is 0 Å². The first-order valence-electron chi connectivity index (χ1n) is 8.14. The molecule has 0 radical (unpaired) electrons. The third-order valence-electron chi connectivity index (χ3n) is 4.61. The van der Waals surface area contributed by atoms with Crippen LogP contribution in [0.15, 0.2) is 72.8 Å². The molecule has 25 heavy (non-hydrogen) atoms. The molecule has 0 bridgehead atoms. The lowest BCUT2D eigenvalue weighted by atomic mass is 9.72. The van der Waals surface area contributed by atoms with Crippen molar-refractivity contribution in [1.82, 2.24) is 0 Å². The summed E-state index contributed by atoms with van der Waals surface area (Å²) in [6.45, 7) is 0. The van der Waals surface area contributed by atoms with Crippen molar-refractivity contribution in [2.45, 2.75) is 0 Å². The van der Waals surface area contributed by atoms with Crippen LogP contribution in [-0.2, 0) is 0 Å². The largest absolute Gasteiger partial charge is 0.497 e. The molecule has 0 aliphatic rings. The van der Waals surface area contributed by atoms with Gasteiger partial charge in [-0.15, -0.1) is 0 Å². The molecule has 4 aromatic rings. The summed E-state index contributed by atoms with van der Waals surface area (Å²) < 4.78 is 5.26. The van der Waals surface area contributed by atoms with Gasteiger partial charge in [-0.1, -0.05) is 60.7 Å². The Hall–Kier alpha value is -2.82. The van der Waals surface area contributed by atoms with E-state index in [1.807, 2.05) is 72.8 Å². The number of methoxy groups -OCH3 is 1. The van der Waals surface area contributed by atoms with E-state index in [4.69, 9.17) is 4.74 Å². The van der Waals surface area contributed by atoms with Gasteiger partial charge in [0.05, 0.1) is 7.11 Å². The predicted octanol–water partition coefficient (Wildman–Crippen LogP) is 3.35. The second-order valence-electron chi connectivity index (χ2n) is 5.98. The topological polar surface area (TPSA) is 49.7 Å². The van der Waals surface area contributed by atoms with E-state index in [2.05, 4.69) is 0 Å². The van der Waals surface area contributed by atoms with Gasteiger partial charge in [-0.05, 0) is 50.3 Å². The molecule has 122 valence electrons. The van der Waals surface area contributed by atoms with Crippen molar-refractivity contribution in [1.29, 1.82) is 0 Å². The molecule has 0 aromatic heterocycles. The third-order valence-corrected chi connectivity index (χ3v) is 4.61. The fourth-order valence-corrected chi connectivity index (χ4v) is 3.51. The van der Waals surface area contributed by atoms with Crippen LogP contribution in [0.5, 0.6) is 5.75 Å². The summed E-state index contributed by atoms with van der Waals surface area (Å²) in [7, 11) is 0.122. The van der Waals surface area contributed by atoms with Gasteiger partial charge in [-0.3, -0.25) is 0 Å². The lowest BCUT2D eigenvalue weighted by Crippen LogP contribution is -2.31. The first-order valence-corrected chi connectivity index (χ1v) is 8.14. The smallest absolute Gasteiger partial charge is 0.489 e. The second-order valence-corrected chi connectivity index (χ2v) is 5.98. The zero-order valence-corrected chi connectivity index (χ0v) is 13.8. The van der Waals surface area contributed by atoms with Crippen molar-refractivity contribution in [2.24, 2.45) is 0 Å². The minimum atomic E-state index is -1.53. The number of ether oxygens (including phenoxy) is 1. The maximum Gasteiger partial charge on any atom is 0.489 e. The number of hydrogen-bond donors (Lipinski definition) is 2. The molecule has 0 unspecified atom stereocenters. The second kappa shape index (κ2) is 6.24. The highest BCUT2D eigenvalue weighted by molar-refractivity contribution is 6.66. The molecule has 4 heteroatoms. The molecule has 2 N–H and O–H groups in total. The van der Waals surface area contributed by atoms with Gasteiger partial charge >= 0.3 is 7.12 Å². The van der Waals surface area contributed by atoms with Gasteiger partial charge in [0.1, 0.15) is 5.75 Å². The van der Waals surface area contributed by atoms with E-state index in [1.165, 1.54) is 0 Å². The fourth-order valence-electron chi connectivity index (χ4n) is 3.51.